The Morgan fingerprint density at radius 3 is 2.28 bits per heavy atom. The quantitative estimate of drug-likeness (QED) is 0.529. The van der Waals surface area contributed by atoms with Gasteiger partial charge in [0.2, 0.25) is 10.0 Å². The third-order valence-electron chi connectivity index (χ3n) is 10.9. The predicted octanol–water partition coefficient (Wildman–Crippen LogP) is 4.00. The highest BCUT2D eigenvalue weighted by Gasteiger charge is 2.53. The molecular formula is C28H50FN3O3S. The van der Waals surface area contributed by atoms with Gasteiger partial charge in [0.05, 0.1) is 11.9 Å². The molecule has 3 heterocycles. The topological polar surface area (TPSA) is 72.9 Å². The van der Waals surface area contributed by atoms with E-state index in [0.717, 1.165) is 70.9 Å². The fraction of sp³-hybridized carbons (Fsp3) is 1.00. The van der Waals surface area contributed by atoms with Gasteiger partial charge in [-0.1, -0.05) is 26.7 Å². The Morgan fingerprint density at radius 1 is 0.889 bits per heavy atom. The van der Waals surface area contributed by atoms with E-state index in [9.17, 15) is 17.9 Å². The predicted molar refractivity (Wildman–Crippen MR) is 142 cm³/mol. The highest BCUT2D eigenvalue weighted by Crippen LogP contribution is 2.48. The third-order valence-corrected chi connectivity index (χ3v) is 13.5. The lowest BCUT2D eigenvalue weighted by atomic mass is 9.63. The number of fused-ring (bicyclic) bond motifs is 1. The second-order valence-electron chi connectivity index (χ2n) is 13.0. The van der Waals surface area contributed by atoms with Crippen LogP contribution in [0.15, 0.2) is 0 Å². The van der Waals surface area contributed by atoms with Gasteiger partial charge < -0.3 is 5.11 Å². The highest BCUT2D eigenvalue weighted by atomic mass is 32.2. The van der Waals surface area contributed by atoms with Crippen LogP contribution in [0.3, 0.4) is 0 Å². The Balaban J connectivity index is 1.25. The van der Waals surface area contributed by atoms with E-state index in [1.807, 2.05) is 11.2 Å². The van der Waals surface area contributed by atoms with E-state index in [1.165, 1.54) is 12.8 Å². The van der Waals surface area contributed by atoms with E-state index < -0.39 is 16.3 Å². The molecular weight excluding hydrogens is 477 g/mol. The molecule has 0 radical (unpaired) electrons. The van der Waals surface area contributed by atoms with Gasteiger partial charge in [-0.25, -0.2) is 17.1 Å². The van der Waals surface area contributed by atoms with Crippen LogP contribution < -0.4 is 5.32 Å². The average molecular weight is 528 g/mol. The largest absolute Gasteiger partial charge is 0.395 e. The van der Waals surface area contributed by atoms with Crippen LogP contribution in [0.25, 0.3) is 0 Å². The normalized spacial score (nSPS) is 45.8. The Labute approximate surface area is 218 Å². The molecule has 2 aliphatic carbocycles. The molecule has 0 aromatic carbocycles. The Hall–Kier alpha value is -0.280. The maximum atomic E-state index is 13.9. The minimum absolute atomic E-state index is 0.0928. The molecule has 8 heteroatoms. The summed E-state index contributed by atoms with van der Waals surface area (Å²) in [6, 6.07) is 0.415. The molecule has 5 aliphatic rings. The van der Waals surface area contributed by atoms with Crippen LogP contribution in [0.4, 0.5) is 4.39 Å². The Morgan fingerprint density at radius 2 is 1.58 bits per heavy atom. The maximum absolute atomic E-state index is 13.9. The minimum Gasteiger partial charge on any atom is -0.395 e. The number of alkyl halides is 1. The van der Waals surface area contributed by atoms with Crippen molar-refractivity contribution in [3.05, 3.63) is 0 Å². The molecule has 5 rings (SSSR count). The number of aliphatic hydroxyl groups is 1. The lowest BCUT2D eigenvalue weighted by Crippen LogP contribution is -2.71. The summed E-state index contributed by atoms with van der Waals surface area (Å²) in [6.07, 6.45) is 10.7. The molecule has 208 valence electrons. The summed E-state index contributed by atoms with van der Waals surface area (Å²) in [4.78, 5) is 2.44. The number of rotatable bonds is 5. The molecule has 0 spiro atoms. The van der Waals surface area contributed by atoms with Crippen LogP contribution in [0.1, 0.15) is 84.5 Å². The van der Waals surface area contributed by atoms with E-state index >= 15 is 0 Å². The van der Waals surface area contributed by atoms with Gasteiger partial charge in [0, 0.05) is 37.6 Å². The van der Waals surface area contributed by atoms with E-state index in [2.05, 4.69) is 17.1 Å². The van der Waals surface area contributed by atoms with Gasteiger partial charge in [-0.05, 0) is 93.9 Å². The summed E-state index contributed by atoms with van der Waals surface area (Å²) in [5, 5.41) is 13.2. The third kappa shape index (κ3) is 5.28. The number of nitrogens with one attached hydrogen (secondary N) is 1. The number of nitrogens with zero attached hydrogens (tertiary/aromatic N) is 2. The molecule has 0 bridgehead atoms. The molecule has 0 amide bonds. The molecule has 3 aliphatic heterocycles. The number of halogens is 1. The van der Waals surface area contributed by atoms with Gasteiger partial charge in [-0.2, -0.15) is 0 Å². The summed E-state index contributed by atoms with van der Waals surface area (Å²) < 4.78 is 43.4. The SMILES string of the molecule is CC1CC(C2CCC([C@H]3C4CN(S(=O)(=O)C5CCCCC5C)CCCCN4[C@@H]3CO)CC2)CNC1F. The molecule has 36 heavy (non-hydrogen) atoms. The van der Waals surface area contributed by atoms with E-state index in [4.69, 9.17) is 0 Å². The number of piperidine rings is 1. The molecule has 2 N–H and O–H groups in total. The number of hydrogen-bond acceptors (Lipinski definition) is 5. The van der Waals surface area contributed by atoms with Crippen LogP contribution in [0, 0.1) is 35.5 Å². The molecule has 6 nitrogen and oxygen atoms in total. The van der Waals surface area contributed by atoms with Crippen LogP contribution in [-0.2, 0) is 10.0 Å². The van der Waals surface area contributed by atoms with E-state index in [1.54, 1.807) is 0 Å². The summed E-state index contributed by atoms with van der Waals surface area (Å²) in [7, 11) is -3.30. The molecule has 6 unspecified atom stereocenters. The molecule has 2 saturated carbocycles. The second-order valence-corrected chi connectivity index (χ2v) is 15.2. The van der Waals surface area contributed by atoms with Crippen LogP contribution in [0.2, 0.25) is 0 Å². The summed E-state index contributed by atoms with van der Waals surface area (Å²) >= 11 is 0. The van der Waals surface area contributed by atoms with Crippen molar-refractivity contribution in [2.75, 3.05) is 32.8 Å². The average Bonchev–Trinajstić information content (AvgIpc) is 2.85. The van der Waals surface area contributed by atoms with Crippen molar-refractivity contribution in [3.63, 3.8) is 0 Å². The van der Waals surface area contributed by atoms with Crippen LogP contribution in [0.5, 0.6) is 0 Å². The monoisotopic (exact) mass is 527 g/mol. The van der Waals surface area contributed by atoms with Gasteiger partial charge >= 0.3 is 0 Å². The van der Waals surface area contributed by atoms with Crippen molar-refractivity contribution < 1.29 is 17.9 Å². The van der Waals surface area contributed by atoms with Crippen LogP contribution in [-0.4, -0.2) is 79.1 Å². The van der Waals surface area contributed by atoms with Crippen molar-refractivity contribution >= 4 is 10.0 Å². The maximum Gasteiger partial charge on any atom is 0.217 e. The van der Waals surface area contributed by atoms with Crippen molar-refractivity contribution in [1.82, 2.24) is 14.5 Å². The lowest BCUT2D eigenvalue weighted by molar-refractivity contribution is -0.123. The fourth-order valence-electron chi connectivity index (χ4n) is 8.79. The number of aliphatic hydroxyl groups excluding tert-OH is 1. The molecule has 8 atom stereocenters. The van der Waals surface area contributed by atoms with Crippen molar-refractivity contribution in [2.24, 2.45) is 35.5 Å². The van der Waals surface area contributed by atoms with E-state index in [-0.39, 0.29) is 35.8 Å². The van der Waals surface area contributed by atoms with Gasteiger partial charge in [0.15, 0.2) is 6.30 Å². The zero-order valence-electron chi connectivity index (χ0n) is 22.5. The number of hydrogen-bond donors (Lipinski definition) is 2. The van der Waals surface area contributed by atoms with E-state index in [0.29, 0.717) is 36.8 Å². The van der Waals surface area contributed by atoms with Crippen molar-refractivity contribution in [3.8, 4) is 0 Å². The summed E-state index contributed by atoms with van der Waals surface area (Å²) in [5.41, 5.74) is 0. The standard InChI is InChI=1S/C28H50FN3O3S/c1-19-7-3-4-8-26(19)36(34,35)31-13-5-6-14-32-24(17-31)27(25(32)18-33)22-11-9-21(10-12-22)23-15-20(2)28(29)30-16-23/h19-28,30,33H,3-18H2,1-2H3/t19?,20?,21?,22?,23?,24?,25-,26?,27+,28?/m1/s1. The first-order chi connectivity index (χ1) is 17.3. The zero-order chi connectivity index (χ0) is 25.4. The lowest BCUT2D eigenvalue weighted by Gasteiger charge is -2.60. The summed E-state index contributed by atoms with van der Waals surface area (Å²) in [6.45, 7) is 7.36. The smallest absolute Gasteiger partial charge is 0.217 e. The van der Waals surface area contributed by atoms with Gasteiger partial charge in [-0.3, -0.25) is 10.2 Å². The van der Waals surface area contributed by atoms with Crippen LogP contribution >= 0.6 is 0 Å². The molecule has 3 saturated heterocycles. The van der Waals surface area contributed by atoms with Gasteiger partial charge in [0.1, 0.15) is 0 Å². The molecule has 0 aromatic heterocycles. The first-order valence-corrected chi connectivity index (χ1v) is 16.5. The minimum atomic E-state index is -3.30. The van der Waals surface area contributed by atoms with Crippen molar-refractivity contribution in [1.29, 1.82) is 0 Å². The van der Waals surface area contributed by atoms with Gasteiger partial charge in [-0.15, -0.1) is 0 Å². The number of sulfonamides is 1. The second kappa shape index (κ2) is 11.4. The highest BCUT2D eigenvalue weighted by molar-refractivity contribution is 7.89. The summed E-state index contributed by atoms with van der Waals surface area (Å²) in [5.74, 6) is 2.51. The molecule has 0 aromatic rings. The van der Waals surface area contributed by atoms with Gasteiger partial charge in [0.25, 0.3) is 0 Å². The first-order valence-electron chi connectivity index (χ1n) is 15.0. The molecule has 5 fully saturated rings. The zero-order valence-corrected chi connectivity index (χ0v) is 23.3. The first kappa shape index (κ1) is 27.3. The van der Waals surface area contributed by atoms with Crippen molar-refractivity contribution in [2.45, 2.75) is 108 Å². The Bertz CT molecular complexity index is 836. The Kier molecular flexibility index (Phi) is 8.68. The fourth-order valence-corrected chi connectivity index (χ4v) is 11.1.